The SMILES string of the molecule is CCCNCCc1ccc(S(=O)(=O)N(C)CCC)cc1. The zero-order valence-corrected chi connectivity index (χ0v) is 13.5. The number of rotatable bonds is 9. The van der Waals surface area contributed by atoms with Gasteiger partial charge >= 0.3 is 0 Å². The van der Waals surface area contributed by atoms with Crippen molar-refractivity contribution in [2.75, 3.05) is 26.7 Å². The minimum absolute atomic E-state index is 0.374. The summed E-state index contributed by atoms with van der Waals surface area (Å²) in [6.45, 7) is 6.60. The highest BCUT2D eigenvalue weighted by Gasteiger charge is 2.19. The molecule has 0 atom stereocenters. The van der Waals surface area contributed by atoms with Gasteiger partial charge in [-0.25, -0.2) is 12.7 Å². The molecule has 0 amide bonds. The maximum atomic E-state index is 12.2. The quantitative estimate of drug-likeness (QED) is 0.711. The Morgan fingerprint density at radius 2 is 1.70 bits per heavy atom. The molecule has 0 aliphatic carbocycles. The summed E-state index contributed by atoms with van der Waals surface area (Å²) in [4.78, 5) is 0.374. The molecule has 1 aromatic rings. The van der Waals surface area contributed by atoms with Crippen molar-refractivity contribution >= 4 is 10.0 Å². The number of sulfonamides is 1. The minimum Gasteiger partial charge on any atom is -0.316 e. The van der Waals surface area contributed by atoms with Gasteiger partial charge in [-0.05, 0) is 50.0 Å². The van der Waals surface area contributed by atoms with Crippen LogP contribution in [-0.2, 0) is 16.4 Å². The van der Waals surface area contributed by atoms with Gasteiger partial charge in [0, 0.05) is 13.6 Å². The Morgan fingerprint density at radius 3 is 2.25 bits per heavy atom. The Hall–Kier alpha value is -0.910. The van der Waals surface area contributed by atoms with Crippen LogP contribution in [0.5, 0.6) is 0 Å². The minimum atomic E-state index is -3.33. The van der Waals surface area contributed by atoms with E-state index >= 15 is 0 Å². The van der Waals surface area contributed by atoms with E-state index in [2.05, 4.69) is 12.2 Å². The Kier molecular flexibility index (Phi) is 7.19. The predicted octanol–water partition coefficient (Wildman–Crippen LogP) is 2.26. The highest BCUT2D eigenvalue weighted by molar-refractivity contribution is 7.89. The number of nitrogens with one attached hydrogen (secondary N) is 1. The summed E-state index contributed by atoms with van der Waals surface area (Å²) in [5, 5.41) is 3.34. The molecule has 0 saturated heterocycles. The third-order valence-electron chi connectivity index (χ3n) is 3.19. The van der Waals surface area contributed by atoms with Gasteiger partial charge in [0.05, 0.1) is 4.90 Å². The molecule has 0 spiro atoms. The molecule has 0 aliphatic rings. The van der Waals surface area contributed by atoms with Crippen molar-refractivity contribution in [2.24, 2.45) is 0 Å². The first-order valence-electron chi connectivity index (χ1n) is 7.28. The van der Waals surface area contributed by atoms with Crippen LogP contribution in [0.4, 0.5) is 0 Å². The molecule has 1 aromatic carbocycles. The topological polar surface area (TPSA) is 49.4 Å². The zero-order valence-electron chi connectivity index (χ0n) is 12.7. The lowest BCUT2D eigenvalue weighted by atomic mass is 10.1. The monoisotopic (exact) mass is 298 g/mol. The summed E-state index contributed by atoms with van der Waals surface area (Å²) in [5.74, 6) is 0. The van der Waals surface area contributed by atoms with Gasteiger partial charge in [0.15, 0.2) is 0 Å². The van der Waals surface area contributed by atoms with Crippen molar-refractivity contribution in [3.8, 4) is 0 Å². The van der Waals surface area contributed by atoms with Crippen LogP contribution >= 0.6 is 0 Å². The summed E-state index contributed by atoms with van der Waals surface area (Å²) in [7, 11) is -1.70. The normalized spacial score (nSPS) is 12.0. The van der Waals surface area contributed by atoms with Crippen molar-refractivity contribution in [3.63, 3.8) is 0 Å². The highest BCUT2D eigenvalue weighted by Crippen LogP contribution is 2.15. The second kappa shape index (κ2) is 8.39. The van der Waals surface area contributed by atoms with Crippen molar-refractivity contribution in [2.45, 2.75) is 38.0 Å². The fourth-order valence-electron chi connectivity index (χ4n) is 1.98. The molecule has 114 valence electrons. The van der Waals surface area contributed by atoms with Crippen molar-refractivity contribution in [3.05, 3.63) is 29.8 Å². The van der Waals surface area contributed by atoms with E-state index in [1.807, 2.05) is 19.1 Å². The largest absolute Gasteiger partial charge is 0.316 e. The second-order valence-corrected chi connectivity index (χ2v) is 7.02. The van der Waals surface area contributed by atoms with Gasteiger partial charge in [0.25, 0.3) is 0 Å². The third-order valence-corrected chi connectivity index (χ3v) is 5.06. The van der Waals surface area contributed by atoms with Crippen LogP contribution < -0.4 is 5.32 Å². The lowest BCUT2D eigenvalue weighted by molar-refractivity contribution is 0.468. The van der Waals surface area contributed by atoms with Crippen molar-refractivity contribution in [1.82, 2.24) is 9.62 Å². The molecule has 0 bridgehead atoms. The average molecular weight is 298 g/mol. The van der Waals surface area contributed by atoms with E-state index in [4.69, 9.17) is 0 Å². The fourth-order valence-corrected chi connectivity index (χ4v) is 3.24. The van der Waals surface area contributed by atoms with Gasteiger partial charge < -0.3 is 5.32 Å². The van der Waals surface area contributed by atoms with Crippen LogP contribution in [0.25, 0.3) is 0 Å². The molecule has 0 fully saturated rings. The van der Waals surface area contributed by atoms with Crippen LogP contribution in [0.15, 0.2) is 29.2 Å². The molecule has 20 heavy (non-hydrogen) atoms. The highest BCUT2D eigenvalue weighted by atomic mass is 32.2. The van der Waals surface area contributed by atoms with E-state index in [0.29, 0.717) is 11.4 Å². The van der Waals surface area contributed by atoms with E-state index in [1.165, 1.54) is 4.31 Å². The maximum absolute atomic E-state index is 12.2. The molecule has 0 heterocycles. The molecule has 0 unspecified atom stereocenters. The molecule has 0 aromatic heterocycles. The van der Waals surface area contributed by atoms with Gasteiger partial charge in [0.1, 0.15) is 0 Å². The van der Waals surface area contributed by atoms with Gasteiger partial charge in [-0.3, -0.25) is 0 Å². The molecule has 0 aliphatic heterocycles. The van der Waals surface area contributed by atoms with Crippen LogP contribution in [-0.4, -0.2) is 39.4 Å². The summed E-state index contributed by atoms with van der Waals surface area (Å²) >= 11 is 0. The Balaban J connectivity index is 2.66. The Labute approximate surface area is 123 Å². The van der Waals surface area contributed by atoms with E-state index in [0.717, 1.165) is 37.9 Å². The molecule has 5 heteroatoms. The summed E-state index contributed by atoms with van der Waals surface area (Å²) < 4.78 is 25.9. The van der Waals surface area contributed by atoms with E-state index in [9.17, 15) is 8.42 Å². The number of hydrogen-bond acceptors (Lipinski definition) is 3. The van der Waals surface area contributed by atoms with Gasteiger partial charge in [-0.2, -0.15) is 0 Å². The summed E-state index contributed by atoms with van der Waals surface area (Å²) in [6, 6.07) is 7.22. The van der Waals surface area contributed by atoms with Gasteiger partial charge in [0.2, 0.25) is 10.0 Å². The lowest BCUT2D eigenvalue weighted by Gasteiger charge is -2.16. The molecule has 4 nitrogen and oxygen atoms in total. The number of benzene rings is 1. The Bertz CT molecular complexity index is 483. The van der Waals surface area contributed by atoms with Crippen molar-refractivity contribution < 1.29 is 8.42 Å². The third kappa shape index (κ3) is 4.89. The fraction of sp³-hybridized carbons (Fsp3) is 0.600. The van der Waals surface area contributed by atoms with Gasteiger partial charge in [-0.1, -0.05) is 26.0 Å². The molecule has 1 N–H and O–H groups in total. The molecule has 0 saturated carbocycles. The van der Waals surface area contributed by atoms with Gasteiger partial charge in [-0.15, -0.1) is 0 Å². The predicted molar refractivity (Wildman–Crippen MR) is 83.4 cm³/mol. The zero-order chi connectivity index (χ0) is 15.0. The summed E-state index contributed by atoms with van der Waals surface area (Å²) in [6.07, 6.45) is 2.86. The smallest absolute Gasteiger partial charge is 0.242 e. The average Bonchev–Trinajstić information content (AvgIpc) is 2.44. The maximum Gasteiger partial charge on any atom is 0.242 e. The van der Waals surface area contributed by atoms with E-state index in [1.54, 1.807) is 19.2 Å². The number of nitrogens with zero attached hydrogens (tertiary/aromatic N) is 1. The first kappa shape index (κ1) is 17.1. The standard InChI is InChI=1S/C15H26N2O2S/c1-4-11-16-12-10-14-6-8-15(9-7-14)20(18,19)17(3)13-5-2/h6-9,16H,4-5,10-13H2,1-3H3. The first-order valence-corrected chi connectivity index (χ1v) is 8.72. The molecular weight excluding hydrogens is 272 g/mol. The molecule has 0 radical (unpaired) electrons. The van der Waals surface area contributed by atoms with Crippen LogP contribution in [0.1, 0.15) is 32.3 Å². The first-order chi connectivity index (χ1) is 9.52. The van der Waals surface area contributed by atoms with Crippen LogP contribution in [0, 0.1) is 0 Å². The lowest BCUT2D eigenvalue weighted by Crippen LogP contribution is -2.27. The van der Waals surface area contributed by atoms with Crippen LogP contribution in [0.3, 0.4) is 0 Å². The molecule has 1 rings (SSSR count). The van der Waals surface area contributed by atoms with E-state index in [-0.39, 0.29) is 0 Å². The van der Waals surface area contributed by atoms with Crippen molar-refractivity contribution in [1.29, 1.82) is 0 Å². The summed E-state index contributed by atoms with van der Waals surface area (Å²) in [5.41, 5.74) is 1.16. The second-order valence-electron chi connectivity index (χ2n) is 4.97. The number of hydrogen-bond donors (Lipinski definition) is 1. The Morgan fingerprint density at radius 1 is 1.05 bits per heavy atom. The van der Waals surface area contributed by atoms with E-state index < -0.39 is 10.0 Å². The molecular formula is C15H26N2O2S. The van der Waals surface area contributed by atoms with Crippen LogP contribution in [0.2, 0.25) is 0 Å².